The first-order chi connectivity index (χ1) is 67.4. The molecule has 7 aliphatic rings. The molecule has 0 unspecified atom stereocenters. The Morgan fingerprint density at radius 3 is 0.403 bits per heavy atom. The van der Waals surface area contributed by atoms with Gasteiger partial charge in [-0.05, 0) is 0 Å². The molecule has 0 radical (unpaired) electrons. The fourth-order valence-electron chi connectivity index (χ4n) is 15.9. The lowest BCUT2D eigenvalue weighted by Gasteiger charge is -2.52. The fourth-order valence-corrected chi connectivity index (χ4v) is 15.9. The SMILES string of the molecule is CC(=O)OC[C@H]1O[C@H](O)[C@H](OC(C)=O)[C@@H](OC(C)=O)[C@@H]1O[C@@H]1O[C@H](COC(C)=O)[C@@H](O[C@@H]2O[C@H](COC(C)=O)[C@@H](O[C@@H]3O[C@H](COC(C)=O)[C@@H](O[C@@H]4O[C@H](COC(C)=O)[C@@H](O[C@@H]5O[C@H](COC(C)=O)[C@@H](O[C@@H]6O[C@H](COC(C)=O)[C@@H](OC(C)=O)[C@H](OC(C)=O)[C@H]6OC(C)=O)[C@H](OC(C)=O)[C@H]5OC(C)=O)[C@H](OC(C)=O)[C@H]4OC(C)=O)[C@H](OC(C)=O)[C@H]3OC(C)=O)[C@@H](OC(C)=O)[C@H]2OC(C)=O)[C@H](OC(C)=O)[C@H]1OC(C)=O. The number of hydrogen-bond acceptors (Lipinski definition) is 58. The summed E-state index contributed by atoms with van der Waals surface area (Å²) < 4.78 is 208. The molecule has 7 saturated heterocycles. The van der Waals surface area contributed by atoms with Gasteiger partial charge in [0.15, 0.2) is 136 Å². The van der Waals surface area contributed by atoms with E-state index >= 15 is 0 Å². The Labute approximate surface area is 818 Å². The van der Waals surface area contributed by atoms with E-state index < -0.39 is 393 Å². The molecule has 7 rings (SSSR count). The van der Waals surface area contributed by atoms with Crippen molar-refractivity contribution in [2.45, 2.75) is 367 Å². The quantitative estimate of drug-likeness (QED) is 0.0454. The summed E-state index contributed by atoms with van der Waals surface area (Å²) in [5.74, 6) is -25.9. The predicted molar refractivity (Wildman–Crippen MR) is 442 cm³/mol. The van der Waals surface area contributed by atoms with Gasteiger partial charge in [-0.15, -0.1) is 0 Å². The van der Waals surface area contributed by atoms with Crippen molar-refractivity contribution in [1.82, 2.24) is 0 Å². The molecule has 7 aliphatic heterocycles. The topological polar surface area (TPSA) is 719 Å². The molecule has 0 amide bonds. The summed E-state index contributed by atoms with van der Waals surface area (Å²) in [5, 5.41) is 11.2. The second kappa shape index (κ2) is 54.6. The number of aliphatic hydroxyl groups is 1. The average Bonchev–Trinajstić information content (AvgIpc) is 0.753. The first kappa shape index (κ1) is 119. The van der Waals surface area contributed by atoms with Crippen molar-refractivity contribution in [2.75, 3.05) is 46.2 Å². The minimum atomic E-state index is -2.50. The van der Waals surface area contributed by atoms with Crippen LogP contribution in [0.3, 0.4) is 0 Å². The van der Waals surface area contributed by atoms with Crippen LogP contribution in [0.4, 0.5) is 0 Å². The number of ether oxygens (including phenoxy) is 35. The zero-order valence-corrected chi connectivity index (χ0v) is 81.9. The summed E-state index contributed by atoms with van der Waals surface area (Å²) >= 11 is 0. The van der Waals surface area contributed by atoms with E-state index in [1.807, 2.05) is 0 Å². The Bertz CT molecular complexity index is 4520. The maximum Gasteiger partial charge on any atom is 0.303 e. The molecule has 7 fully saturated rings. The lowest BCUT2D eigenvalue weighted by Crippen LogP contribution is -2.70. The van der Waals surface area contributed by atoms with Crippen LogP contribution in [0.25, 0.3) is 0 Å². The third-order valence-electron chi connectivity index (χ3n) is 20.6. The number of rotatable bonds is 41. The molecule has 808 valence electrons. The Morgan fingerprint density at radius 2 is 0.257 bits per heavy atom. The molecule has 0 aromatic heterocycles. The highest BCUT2D eigenvalue weighted by Gasteiger charge is 2.66. The third-order valence-corrected chi connectivity index (χ3v) is 20.6. The summed E-state index contributed by atoms with van der Waals surface area (Å²) in [6.45, 7) is 11.6. The molecular formula is C86H116O58. The van der Waals surface area contributed by atoms with Crippen LogP contribution in [0.15, 0.2) is 0 Å². The molecule has 0 saturated carbocycles. The molecule has 7 heterocycles. The second-order valence-electron chi connectivity index (χ2n) is 32.7. The summed E-state index contributed by atoms with van der Waals surface area (Å²) in [5.41, 5.74) is 0. The van der Waals surface area contributed by atoms with Crippen LogP contribution in [0.5, 0.6) is 0 Å². The normalized spacial score (nSPS) is 33.3. The Hall–Kier alpha value is -12.2. The molecule has 1 N–H and O–H groups in total. The summed E-state index contributed by atoms with van der Waals surface area (Å²) in [6, 6.07) is 0. The van der Waals surface area contributed by atoms with Crippen molar-refractivity contribution < 1.29 is 276 Å². The minimum Gasteiger partial charge on any atom is -0.463 e. The van der Waals surface area contributed by atoms with Crippen LogP contribution in [0.1, 0.15) is 152 Å². The van der Waals surface area contributed by atoms with Gasteiger partial charge in [-0.2, -0.15) is 0 Å². The van der Waals surface area contributed by atoms with E-state index in [2.05, 4.69) is 0 Å². The van der Waals surface area contributed by atoms with E-state index in [0.717, 1.165) is 152 Å². The minimum absolute atomic E-state index is 0.775. The van der Waals surface area contributed by atoms with Gasteiger partial charge in [0, 0.05) is 152 Å². The van der Waals surface area contributed by atoms with E-state index in [1.165, 1.54) is 0 Å². The van der Waals surface area contributed by atoms with Crippen molar-refractivity contribution in [1.29, 1.82) is 0 Å². The highest BCUT2D eigenvalue weighted by atomic mass is 16.8. The monoisotopic (exact) mass is 2080 g/mol. The van der Waals surface area contributed by atoms with Gasteiger partial charge >= 0.3 is 131 Å². The standard InChI is InChI=1S/C86H116O58/c1-30(87)110-23-52-60(66(118-38(9)95)73(80(109)132-52)125-45(16)102)139-82-75(127-47(18)104)68(120-40(11)97)62(54(134-82)25-112-32(3)89)141-84-77(129-49(20)106)70(122-42(13)99)64(56(136-84)27-114-34(5)91)143-86-79(131-51(22)108)72(124-44(15)101)65(58(138-86)29-116-36(7)93)144-85-78(130-50(21)107)71(123-43(14)100)63(57(137-85)28-115-35(6)92)142-83-76(128-48(19)105)69(121-41(12)98)61(55(135-83)26-113-33(4)90)140-81-74(126-46(17)103)67(119-39(10)96)59(117-37(8)94)53(133-81)24-111-31(2)88/h52-86,109H,23-29H2,1-22H3/t52-,53-,54-,55-,56-,57-,58-,59-,60-,61-,62-,63-,64-,65-,66+,67+,68+,69+,70-,71+,72+,73-,74-,75-,76-,77-,78-,79-,80+,81+,82+,83+,84+,85+,86+/m1/s1. The molecule has 0 bridgehead atoms. The largest absolute Gasteiger partial charge is 0.463 e. The average molecular weight is 2080 g/mol. The smallest absolute Gasteiger partial charge is 0.303 e. The van der Waals surface area contributed by atoms with Gasteiger partial charge in [-0.3, -0.25) is 105 Å². The van der Waals surface area contributed by atoms with Gasteiger partial charge in [-0.1, -0.05) is 0 Å². The predicted octanol–water partition coefficient (Wildman–Crippen LogP) is -3.72. The van der Waals surface area contributed by atoms with E-state index in [1.54, 1.807) is 0 Å². The van der Waals surface area contributed by atoms with Gasteiger partial charge in [0.25, 0.3) is 0 Å². The van der Waals surface area contributed by atoms with Crippen LogP contribution < -0.4 is 0 Å². The Balaban J connectivity index is 1.39. The number of carbonyl (C=O) groups excluding carboxylic acids is 22. The Morgan fingerprint density at radius 1 is 0.146 bits per heavy atom. The molecule has 58 heteroatoms. The van der Waals surface area contributed by atoms with Crippen LogP contribution >= 0.6 is 0 Å². The van der Waals surface area contributed by atoms with Crippen LogP contribution in [-0.2, 0) is 271 Å². The molecule has 0 aliphatic carbocycles. The first-order valence-electron chi connectivity index (χ1n) is 44.1. The maximum atomic E-state index is 14.0. The Kier molecular flexibility index (Phi) is 45.1. The molecule has 0 aromatic carbocycles. The molecular weight excluding hydrogens is 1960 g/mol. The van der Waals surface area contributed by atoms with Gasteiger partial charge in [0.2, 0.25) is 0 Å². The summed E-state index contributed by atoms with van der Waals surface area (Å²) in [6.07, 6.45) is -76.9. The molecule has 35 atom stereocenters. The number of hydrogen-bond donors (Lipinski definition) is 1. The zero-order valence-electron chi connectivity index (χ0n) is 81.9. The molecule has 144 heavy (non-hydrogen) atoms. The second-order valence-corrected chi connectivity index (χ2v) is 32.7. The van der Waals surface area contributed by atoms with Crippen molar-refractivity contribution in [3.63, 3.8) is 0 Å². The molecule has 0 spiro atoms. The van der Waals surface area contributed by atoms with E-state index in [-0.39, 0.29) is 0 Å². The highest BCUT2D eigenvalue weighted by Crippen LogP contribution is 2.44. The maximum absolute atomic E-state index is 14.0. The van der Waals surface area contributed by atoms with E-state index in [0.29, 0.717) is 0 Å². The molecule has 58 nitrogen and oxygen atoms in total. The van der Waals surface area contributed by atoms with E-state index in [4.69, 9.17) is 166 Å². The van der Waals surface area contributed by atoms with E-state index in [9.17, 15) is 111 Å². The van der Waals surface area contributed by atoms with Crippen molar-refractivity contribution >= 4 is 131 Å². The fraction of sp³-hybridized carbons (Fsp3) is 0.744. The summed E-state index contributed by atoms with van der Waals surface area (Å²) in [7, 11) is 0. The van der Waals surface area contributed by atoms with Crippen molar-refractivity contribution in [2.24, 2.45) is 0 Å². The van der Waals surface area contributed by atoms with Gasteiger partial charge in [-0.25, -0.2) is 0 Å². The number of aliphatic hydroxyl groups excluding tert-OH is 1. The van der Waals surface area contributed by atoms with Crippen molar-refractivity contribution in [3.05, 3.63) is 0 Å². The van der Waals surface area contributed by atoms with Gasteiger partial charge in [0.05, 0.1) is 0 Å². The number of carbonyl (C=O) groups is 22. The number of esters is 22. The first-order valence-corrected chi connectivity index (χ1v) is 44.1. The zero-order chi connectivity index (χ0) is 108. The highest BCUT2D eigenvalue weighted by molar-refractivity contribution is 5.74. The third kappa shape index (κ3) is 35.3. The van der Waals surface area contributed by atoms with Crippen LogP contribution in [-0.4, -0.2) is 398 Å². The summed E-state index contributed by atoms with van der Waals surface area (Å²) in [4.78, 5) is 292. The van der Waals surface area contributed by atoms with Gasteiger partial charge in [0.1, 0.15) is 126 Å². The molecule has 0 aromatic rings. The van der Waals surface area contributed by atoms with Crippen LogP contribution in [0.2, 0.25) is 0 Å². The lowest BCUT2D eigenvalue weighted by molar-refractivity contribution is -0.398. The van der Waals surface area contributed by atoms with Crippen molar-refractivity contribution in [3.8, 4) is 0 Å². The van der Waals surface area contributed by atoms with Gasteiger partial charge < -0.3 is 171 Å². The lowest BCUT2D eigenvalue weighted by atomic mass is 9.94. The van der Waals surface area contributed by atoms with Crippen LogP contribution in [0, 0.1) is 0 Å².